The number of carbonyl (C=O) groups excluding carboxylic acids is 1. The number of nitrogens with one attached hydrogen (secondary N) is 2. The van der Waals surface area contributed by atoms with Crippen molar-refractivity contribution in [3.05, 3.63) is 0 Å². The van der Waals surface area contributed by atoms with E-state index < -0.39 is 5.60 Å². The van der Waals surface area contributed by atoms with Gasteiger partial charge in [0.2, 0.25) is 0 Å². The Bertz CT molecular complexity index is 313. The summed E-state index contributed by atoms with van der Waals surface area (Å²) in [6.07, 6.45) is 0.830. The van der Waals surface area contributed by atoms with E-state index in [1.165, 1.54) is 6.42 Å². The van der Waals surface area contributed by atoms with Gasteiger partial charge < -0.3 is 15.4 Å². The quantitative estimate of drug-likeness (QED) is 0.811. The van der Waals surface area contributed by atoms with E-state index in [4.69, 9.17) is 4.74 Å². The van der Waals surface area contributed by atoms with Crippen LogP contribution < -0.4 is 10.6 Å². The Kier molecular flexibility index (Phi) is 6.27. The number of likely N-dealkylation sites (tertiary alicyclic amines) is 1. The van der Waals surface area contributed by atoms with Crippen LogP contribution >= 0.6 is 0 Å². The molecule has 0 spiro atoms. The molecule has 0 saturated carbocycles. The van der Waals surface area contributed by atoms with E-state index in [0.717, 1.165) is 13.1 Å². The molecule has 0 aromatic heterocycles. The van der Waals surface area contributed by atoms with Crippen molar-refractivity contribution in [1.29, 1.82) is 0 Å². The lowest BCUT2D eigenvalue weighted by molar-refractivity contribution is 0.0522. The lowest BCUT2D eigenvalue weighted by atomic mass is 10.2. The largest absolute Gasteiger partial charge is 0.444 e. The maximum atomic E-state index is 11.6. The van der Waals surface area contributed by atoms with Crippen LogP contribution in [0.4, 0.5) is 4.79 Å². The van der Waals surface area contributed by atoms with Gasteiger partial charge in [-0.2, -0.15) is 0 Å². The van der Waals surface area contributed by atoms with Gasteiger partial charge in [0.1, 0.15) is 5.60 Å². The minimum Gasteiger partial charge on any atom is -0.444 e. The molecule has 1 rings (SSSR count). The lowest BCUT2D eigenvalue weighted by Gasteiger charge is -2.24. The molecule has 0 bridgehead atoms. The molecule has 1 aliphatic heterocycles. The summed E-state index contributed by atoms with van der Waals surface area (Å²) in [6, 6.07) is 1.38. The maximum absolute atomic E-state index is 11.6. The van der Waals surface area contributed by atoms with Crippen molar-refractivity contribution in [2.45, 2.75) is 71.7 Å². The molecule has 0 aliphatic carbocycles. The van der Waals surface area contributed by atoms with Gasteiger partial charge in [0, 0.05) is 31.2 Å². The number of ether oxygens (including phenoxy) is 1. The van der Waals surface area contributed by atoms with Gasteiger partial charge in [-0.05, 0) is 54.5 Å². The van der Waals surface area contributed by atoms with E-state index in [2.05, 4.69) is 36.3 Å². The van der Waals surface area contributed by atoms with E-state index in [1.54, 1.807) is 0 Å². The van der Waals surface area contributed by atoms with E-state index in [0.29, 0.717) is 18.6 Å². The van der Waals surface area contributed by atoms with Crippen LogP contribution in [-0.2, 0) is 4.74 Å². The van der Waals surface area contributed by atoms with Gasteiger partial charge in [0.05, 0.1) is 0 Å². The van der Waals surface area contributed by atoms with Crippen LogP contribution in [0.15, 0.2) is 0 Å². The number of alkyl carbamates (subject to hydrolysis) is 1. The summed E-state index contributed by atoms with van der Waals surface area (Å²) in [6.45, 7) is 15.0. The average Bonchev–Trinajstić information content (AvgIpc) is 2.72. The van der Waals surface area contributed by atoms with Crippen molar-refractivity contribution in [2.24, 2.45) is 0 Å². The van der Waals surface area contributed by atoms with Gasteiger partial charge in [-0.3, -0.25) is 4.90 Å². The van der Waals surface area contributed by atoms with Crippen molar-refractivity contribution < 1.29 is 9.53 Å². The Labute approximate surface area is 123 Å². The fourth-order valence-electron chi connectivity index (χ4n) is 2.40. The molecular formula is C15H31N3O2. The Morgan fingerprint density at radius 3 is 2.50 bits per heavy atom. The van der Waals surface area contributed by atoms with Crippen molar-refractivity contribution in [3.63, 3.8) is 0 Å². The van der Waals surface area contributed by atoms with Crippen LogP contribution in [-0.4, -0.2) is 54.4 Å². The molecule has 1 heterocycles. The van der Waals surface area contributed by atoms with Gasteiger partial charge in [-0.25, -0.2) is 4.79 Å². The van der Waals surface area contributed by atoms with Gasteiger partial charge in [-0.15, -0.1) is 0 Å². The zero-order valence-electron chi connectivity index (χ0n) is 13.8. The fraction of sp³-hybridized carbons (Fsp3) is 0.933. The molecule has 20 heavy (non-hydrogen) atoms. The molecular weight excluding hydrogens is 254 g/mol. The molecule has 5 heteroatoms. The van der Waals surface area contributed by atoms with Crippen molar-refractivity contribution >= 4 is 6.09 Å². The normalized spacial score (nSPS) is 22.1. The van der Waals surface area contributed by atoms with E-state index in [1.807, 2.05) is 20.8 Å². The van der Waals surface area contributed by atoms with Gasteiger partial charge in [-0.1, -0.05) is 0 Å². The summed E-state index contributed by atoms with van der Waals surface area (Å²) in [4.78, 5) is 14.1. The second-order valence-electron chi connectivity index (χ2n) is 7.02. The molecule has 0 aromatic rings. The number of rotatable bonds is 5. The standard InChI is InChI=1S/C15H31N3O2/c1-11(2)18-8-7-13(10-18)17-12(3)9-16-14(19)20-15(4,5)6/h11-13,17H,7-10H2,1-6H3,(H,16,19). The second-order valence-corrected chi connectivity index (χ2v) is 7.02. The first-order valence-corrected chi connectivity index (χ1v) is 7.64. The third-order valence-corrected chi connectivity index (χ3v) is 3.42. The van der Waals surface area contributed by atoms with Crippen molar-refractivity contribution in [2.75, 3.05) is 19.6 Å². The summed E-state index contributed by atoms with van der Waals surface area (Å²) < 4.78 is 5.22. The van der Waals surface area contributed by atoms with Crippen molar-refractivity contribution in [1.82, 2.24) is 15.5 Å². The third-order valence-electron chi connectivity index (χ3n) is 3.42. The first-order chi connectivity index (χ1) is 9.17. The Morgan fingerprint density at radius 2 is 2.00 bits per heavy atom. The van der Waals surface area contributed by atoms with Crippen LogP contribution in [0.3, 0.4) is 0 Å². The van der Waals surface area contributed by atoms with E-state index in [-0.39, 0.29) is 12.1 Å². The zero-order valence-corrected chi connectivity index (χ0v) is 13.8. The molecule has 2 N–H and O–H groups in total. The van der Waals surface area contributed by atoms with Crippen LogP contribution in [0.5, 0.6) is 0 Å². The van der Waals surface area contributed by atoms with Gasteiger partial charge in [0.15, 0.2) is 0 Å². The Morgan fingerprint density at radius 1 is 1.35 bits per heavy atom. The Hall–Kier alpha value is -0.810. The van der Waals surface area contributed by atoms with E-state index >= 15 is 0 Å². The molecule has 0 radical (unpaired) electrons. The summed E-state index contributed by atoms with van der Waals surface area (Å²) in [5.41, 5.74) is -0.441. The summed E-state index contributed by atoms with van der Waals surface area (Å²) in [7, 11) is 0. The minimum absolute atomic E-state index is 0.250. The molecule has 1 aliphatic rings. The molecule has 1 fully saturated rings. The molecule has 1 saturated heterocycles. The topological polar surface area (TPSA) is 53.6 Å². The maximum Gasteiger partial charge on any atom is 0.407 e. The van der Waals surface area contributed by atoms with Crippen LogP contribution in [0.2, 0.25) is 0 Å². The van der Waals surface area contributed by atoms with Gasteiger partial charge >= 0.3 is 6.09 Å². The highest BCUT2D eigenvalue weighted by atomic mass is 16.6. The predicted molar refractivity (Wildman–Crippen MR) is 81.9 cm³/mol. The third kappa shape index (κ3) is 6.57. The number of hydrogen-bond acceptors (Lipinski definition) is 4. The van der Waals surface area contributed by atoms with Gasteiger partial charge in [0.25, 0.3) is 0 Å². The fourth-order valence-corrected chi connectivity index (χ4v) is 2.40. The Balaban J connectivity index is 2.21. The minimum atomic E-state index is -0.441. The van der Waals surface area contributed by atoms with Crippen LogP contribution in [0.1, 0.15) is 48.0 Å². The van der Waals surface area contributed by atoms with Crippen LogP contribution in [0, 0.1) is 0 Å². The lowest BCUT2D eigenvalue weighted by Crippen LogP contribution is -2.46. The first kappa shape index (κ1) is 17.2. The molecule has 5 nitrogen and oxygen atoms in total. The number of nitrogens with zero attached hydrogens (tertiary/aromatic N) is 1. The average molecular weight is 285 g/mol. The summed E-state index contributed by atoms with van der Waals surface area (Å²) in [5, 5.41) is 6.38. The predicted octanol–water partition coefficient (Wildman–Crippen LogP) is 1.97. The monoisotopic (exact) mass is 285 g/mol. The molecule has 1 amide bonds. The summed E-state index contributed by atoms with van der Waals surface area (Å²) >= 11 is 0. The second kappa shape index (κ2) is 7.27. The smallest absolute Gasteiger partial charge is 0.407 e. The highest BCUT2D eigenvalue weighted by molar-refractivity contribution is 5.67. The number of hydrogen-bond donors (Lipinski definition) is 2. The highest BCUT2D eigenvalue weighted by Gasteiger charge is 2.25. The van der Waals surface area contributed by atoms with E-state index in [9.17, 15) is 4.79 Å². The number of amides is 1. The molecule has 118 valence electrons. The van der Waals surface area contributed by atoms with Crippen molar-refractivity contribution in [3.8, 4) is 0 Å². The highest BCUT2D eigenvalue weighted by Crippen LogP contribution is 2.12. The number of carbonyl (C=O) groups is 1. The molecule has 0 aromatic carbocycles. The first-order valence-electron chi connectivity index (χ1n) is 7.64. The molecule has 2 atom stereocenters. The van der Waals surface area contributed by atoms with Crippen LogP contribution in [0.25, 0.3) is 0 Å². The zero-order chi connectivity index (χ0) is 15.3. The summed E-state index contributed by atoms with van der Waals surface area (Å²) in [5.74, 6) is 0. The SMILES string of the molecule is CC(CNC(=O)OC(C)(C)C)NC1CCN(C(C)C)C1. The molecule has 2 unspecified atom stereocenters.